The summed E-state index contributed by atoms with van der Waals surface area (Å²) in [5.41, 5.74) is 7.53. The van der Waals surface area contributed by atoms with Gasteiger partial charge in [0.15, 0.2) is 0 Å². The second-order valence-corrected chi connectivity index (χ2v) is 6.88. The molecule has 0 spiro atoms. The Labute approximate surface area is 131 Å². The van der Waals surface area contributed by atoms with Crippen molar-refractivity contribution in [3.05, 3.63) is 34.3 Å². The quantitative estimate of drug-likeness (QED) is 0.895. The SMILES string of the molecule is CN1CCC(N(C)CCC(N)c2cccc(Br)c2)CC1. The number of likely N-dealkylation sites (tertiary alicyclic amines) is 1. The van der Waals surface area contributed by atoms with Gasteiger partial charge in [0, 0.05) is 16.6 Å². The number of nitrogens with zero attached hydrogens (tertiary/aromatic N) is 2. The van der Waals surface area contributed by atoms with Crippen molar-refractivity contribution in [3.63, 3.8) is 0 Å². The fourth-order valence-electron chi connectivity index (χ4n) is 2.86. The van der Waals surface area contributed by atoms with Crippen LogP contribution in [0.1, 0.15) is 30.9 Å². The molecule has 1 atom stereocenters. The number of benzene rings is 1. The maximum atomic E-state index is 6.31. The molecule has 1 aromatic carbocycles. The Balaban J connectivity index is 1.79. The van der Waals surface area contributed by atoms with Crippen molar-refractivity contribution in [2.75, 3.05) is 33.7 Å². The van der Waals surface area contributed by atoms with E-state index < -0.39 is 0 Å². The molecule has 1 fully saturated rings. The molecule has 1 saturated heterocycles. The van der Waals surface area contributed by atoms with Crippen LogP contribution in [0, 0.1) is 0 Å². The normalized spacial score (nSPS) is 19.4. The zero-order chi connectivity index (χ0) is 14.5. The molecule has 3 nitrogen and oxygen atoms in total. The van der Waals surface area contributed by atoms with E-state index in [2.05, 4.69) is 58.0 Å². The molecule has 1 aromatic rings. The third kappa shape index (κ3) is 4.55. The minimum atomic E-state index is 0.126. The van der Waals surface area contributed by atoms with Gasteiger partial charge in [0.25, 0.3) is 0 Å². The lowest BCUT2D eigenvalue weighted by atomic mass is 10.0. The summed E-state index contributed by atoms with van der Waals surface area (Å²) in [4.78, 5) is 4.91. The molecule has 0 saturated carbocycles. The summed E-state index contributed by atoms with van der Waals surface area (Å²) in [7, 11) is 4.45. The molecule has 2 rings (SSSR count). The van der Waals surface area contributed by atoms with Crippen LogP contribution in [0.4, 0.5) is 0 Å². The first-order valence-corrected chi connectivity index (χ1v) is 8.25. The molecule has 0 aromatic heterocycles. The van der Waals surface area contributed by atoms with E-state index in [-0.39, 0.29) is 6.04 Å². The number of piperidine rings is 1. The lowest BCUT2D eigenvalue weighted by Crippen LogP contribution is -2.42. The second-order valence-electron chi connectivity index (χ2n) is 5.97. The summed E-state index contributed by atoms with van der Waals surface area (Å²) in [6.07, 6.45) is 3.57. The van der Waals surface area contributed by atoms with Crippen molar-refractivity contribution in [1.82, 2.24) is 9.80 Å². The lowest BCUT2D eigenvalue weighted by molar-refractivity contribution is 0.141. The zero-order valence-corrected chi connectivity index (χ0v) is 14.1. The Hall–Kier alpha value is -0.420. The van der Waals surface area contributed by atoms with E-state index in [4.69, 9.17) is 5.73 Å². The molecular weight excluding hydrogens is 314 g/mol. The second kappa shape index (κ2) is 7.55. The fraction of sp³-hybridized carbons (Fsp3) is 0.625. The average Bonchev–Trinajstić information content (AvgIpc) is 2.45. The summed E-state index contributed by atoms with van der Waals surface area (Å²) in [6.45, 7) is 3.50. The van der Waals surface area contributed by atoms with E-state index in [1.54, 1.807) is 0 Å². The molecule has 0 bridgehead atoms. The van der Waals surface area contributed by atoms with Gasteiger partial charge in [-0.15, -0.1) is 0 Å². The van der Waals surface area contributed by atoms with Crippen molar-refractivity contribution in [2.24, 2.45) is 5.73 Å². The van der Waals surface area contributed by atoms with E-state index in [9.17, 15) is 0 Å². The standard InChI is InChI=1S/C16H26BrN3/c1-19-9-6-15(7-10-19)20(2)11-8-16(18)13-4-3-5-14(17)12-13/h3-5,12,15-16H,6-11,18H2,1-2H3. The van der Waals surface area contributed by atoms with E-state index in [1.165, 1.54) is 31.5 Å². The Kier molecular flexibility index (Phi) is 6.02. The number of rotatable bonds is 5. The molecule has 1 heterocycles. The van der Waals surface area contributed by atoms with Gasteiger partial charge in [-0.1, -0.05) is 28.1 Å². The maximum Gasteiger partial charge on any atom is 0.0307 e. The van der Waals surface area contributed by atoms with Crippen molar-refractivity contribution in [2.45, 2.75) is 31.3 Å². The van der Waals surface area contributed by atoms with Gasteiger partial charge in [0.2, 0.25) is 0 Å². The molecule has 2 N–H and O–H groups in total. The predicted octanol–water partition coefficient (Wildman–Crippen LogP) is 2.87. The summed E-state index contributed by atoms with van der Waals surface area (Å²) in [5, 5.41) is 0. The molecule has 112 valence electrons. The average molecular weight is 340 g/mol. The van der Waals surface area contributed by atoms with Gasteiger partial charge >= 0.3 is 0 Å². The van der Waals surface area contributed by atoms with Gasteiger partial charge in [-0.3, -0.25) is 0 Å². The van der Waals surface area contributed by atoms with Crippen molar-refractivity contribution in [3.8, 4) is 0 Å². The van der Waals surface area contributed by atoms with Gasteiger partial charge in [-0.25, -0.2) is 0 Å². The van der Waals surface area contributed by atoms with Crippen molar-refractivity contribution < 1.29 is 0 Å². The van der Waals surface area contributed by atoms with Crippen LogP contribution < -0.4 is 5.73 Å². The Morgan fingerprint density at radius 1 is 1.40 bits per heavy atom. The predicted molar refractivity (Wildman–Crippen MR) is 88.8 cm³/mol. The first-order valence-electron chi connectivity index (χ1n) is 7.46. The first-order chi connectivity index (χ1) is 9.56. The Bertz CT molecular complexity index is 416. The van der Waals surface area contributed by atoms with Crippen LogP contribution in [0.15, 0.2) is 28.7 Å². The van der Waals surface area contributed by atoms with Crippen LogP contribution in [-0.4, -0.2) is 49.6 Å². The van der Waals surface area contributed by atoms with Gasteiger partial charge in [0.1, 0.15) is 0 Å². The van der Waals surface area contributed by atoms with Crippen LogP contribution in [0.2, 0.25) is 0 Å². The number of hydrogen-bond acceptors (Lipinski definition) is 3. The largest absolute Gasteiger partial charge is 0.324 e. The molecule has 0 aliphatic carbocycles. The molecule has 1 unspecified atom stereocenters. The number of hydrogen-bond donors (Lipinski definition) is 1. The molecule has 4 heteroatoms. The highest BCUT2D eigenvalue weighted by Gasteiger charge is 2.20. The highest BCUT2D eigenvalue weighted by molar-refractivity contribution is 9.10. The highest BCUT2D eigenvalue weighted by Crippen LogP contribution is 2.20. The molecule has 0 amide bonds. The van der Waals surface area contributed by atoms with Gasteiger partial charge in [-0.05, 0) is 70.7 Å². The molecule has 0 radical (unpaired) electrons. The van der Waals surface area contributed by atoms with Crippen LogP contribution in [0.3, 0.4) is 0 Å². The number of halogens is 1. The Morgan fingerprint density at radius 2 is 2.10 bits per heavy atom. The van der Waals surface area contributed by atoms with Crippen LogP contribution in [-0.2, 0) is 0 Å². The lowest BCUT2D eigenvalue weighted by Gasteiger charge is -2.35. The zero-order valence-electron chi connectivity index (χ0n) is 12.6. The molecule has 1 aliphatic heterocycles. The van der Waals surface area contributed by atoms with Gasteiger partial charge < -0.3 is 15.5 Å². The smallest absolute Gasteiger partial charge is 0.0307 e. The summed E-state index contributed by atoms with van der Waals surface area (Å²) in [5.74, 6) is 0. The topological polar surface area (TPSA) is 32.5 Å². The van der Waals surface area contributed by atoms with Crippen molar-refractivity contribution >= 4 is 15.9 Å². The maximum absolute atomic E-state index is 6.31. The first kappa shape index (κ1) is 16.0. The van der Waals surface area contributed by atoms with E-state index >= 15 is 0 Å². The fourth-order valence-corrected chi connectivity index (χ4v) is 3.28. The molecule has 1 aliphatic rings. The van der Waals surface area contributed by atoms with Crippen LogP contribution in [0.5, 0.6) is 0 Å². The summed E-state index contributed by atoms with van der Waals surface area (Å²) < 4.78 is 1.11. The van der Waals surface area contributed by atoms with E-state index in [1.807, 2.05) is 6.07 Å². The van der Waals surface area contributed by atoms with Crippen LogP contribution in [0.25, 0.3) is 0 Å². The summed E-state index contributed by atoms with van der Waals surface area (Å²) in [6, 6.07) is 9.19. The summed E-state index contributed by atoms with van der Waals surface area (Å²) >= 11 is 3.51. The van der Waals surface area contributed by atoms with Crippen LogP contribution >= 0.6 is 15.9 Å². The third-order valence-corrected chi connectivity index (χ3v) is 4.87. The van der Waals surface area contributed by atoms with E-state index in [0.717, 1.165) is 23.5 Å². The van der Waals surface area contributed by atoms with Crippen molar-refractivity contribution in [1.29, 1.82) is 0 Å². The minimum Gasteiger partial charge on any atom is -0.324 e. The third-order valence-electron chi connectivity index (χ3n) is 4.38. The highest BCUT2D eigenvalue weighted by atomic mass is 79.9. The Morgan fingerprint density at radius 3 is 2.75 bits per heavy atom. The van der Waals surface area contributed by atoms with Gasteiger partial charge in [-0.2, -0.15) is 0 Å². The molecular formula is C16H26BrN3. The molecule has 20 heavy (non-hydrogen) atoms. The van der Waals surface area contributed by atoms with Gasteiger partial charge in [0.05, 0.1) is 0 Å². The minimum absolute atomic E-state index is 0.126. The monoisotopic (exact) mass is 339 g/mol. The number of nitrogens with two attached hydrogens (primary N) is 1. The van der Waals surface area contributed by atoms with E-state index in [0.29, 0.717) is 0 Å².